The van der Waals surface area contributed by atoms with Crippen molar-refractivity contribution < 1.29 is 19.0 Å². The molecule has 0 aliphatic heterocycles. The van der Waals surface area contributed by atoms with Crippen molar-refractivity contribution in [3.63, 3.8) is 0 Å². The number of anilines is 2. The fourth-order valence-electron chi connectivity index (χ4n) is 2.45. The number of hydrogen-bond donors (Lipinski definition) is 2. The minimum Gasteiger partial charge on any atom is -0.493 e. The Hall–Kier alpha value is -2.60. The smallest absolute Gasteiger partial charge is 0.246 e. The Balaban J connectivity index is 2.17. The Bertz CT molecular complexity index is 770. The summed E-state index contributed by atoms with van der Waals surface area (Å²) >= 11 is 6.00. The molecule has 2 rings (SSSR count). The average Bonchev–Trinajstić information content (AvgIpc) is 2.63. The van der Waals surface area contributed by atoms with E-state index in [-0.39, 0.29) is 5.91 Å². The van der Waals surface area contributed by atoms with Crippen molar-refractivity contribution in [2.24, 2.45) is 0 Å². The van der Waals surface area contributed by atoms with Gasteiger partial charge in [0.2, 0.25) is 11.7 Å². The molecule has 2 N–H and O–H groups in total. The van der Waals surface area contributed by atoms with Gasteiger partial charge in [-0.25, -0.2) is 0 Å². The lowest BCUT2D eigenvalue weighted by Gasteiger charge is -2.19. The Morgan fingerprint density at radius 1 is 1.04 bits per heavy atom. The normalized spacial score (nSPS) is 11.5. The maximum Gasteiger partial charge on any atom is 0.246 e. The molecule has 0 spiro atoms. The zero-order valence-corrected chi connectivity index (χ0v) is 16.2. The fourth-order valence-corrected chi connectivity index (χ4v) is 2.62. The van der Waals surface area contributed by atoms with Crippen molar-refractivity contribution in [3.05, 3.63) is 40.9 Å². The average molecular weight is 379 g/mol. The number of aryl methyl sites for hydroxylation is 1. The zero-order valence-electron chi connectivity index (χ0n) is 15.5. The summed E-state index contributed by atoms with van der Waals surface area (Å²) in [6, 6.07) is 8.35. The van der Waals surface area contributed by atoms with Crippen LogP contribution in [-0.2, 0) is 4.79 Å². The summed E-state index contributed by atoms with van der Waals surface area (Å²) in [4.78, 5) is 12.5. The first-order chi connectivity index (χ1) is 12.4. The Kier molecular flexibility index (Phi) is 6.58. The first-order valence-electron chi connectivity index (χ1n) is 8.03. The van der Waals surface area contributed by atoms with Crippen molar-refractivity contribution in [1.29, 1.82) is 0 Å². The molecule has 26 heavy (non-hydrogen) atoms. The minimum atomic E-state index is -0.504. The molecule has 1 unspecified atom stereocenters. The van der Waals surface area contributed by atoms with Gasteiger partial charge in [0.05, 0.1) is 21.3 Å². The molecule has 0 fully saturated rings. The second-order valence-corrected chi connectivity index (χ2v) is 6.16. The minimum absolute atomic E-state index is 0.191. The molecule has 1 amide bonds. The third-order valence-corrected chi connectivity index (χ3v) is 4.13. The van der Waals surface area contributed by atoms with Crippen molar-refractivity contribution in [3.8, 4) is 17.2 Å². The van der Waals surface area contributed by atoms with E-state index in [1.807, 2.05) is 13.0 Å². The van der Waals surface area contributed by atoms with Gasteiger partial charge in [0.25, 0.3) is 0 Å². The van der Waals surface area contributed by atoms with Crippen molar-refractivity contribution in [2.75, 3.05) is 32.0 Å². The van der Waals surface area contributed by atoms with E-state index in [4.69, 9.17) is 25.8 Å². The molecule has 2 aromatic rings. The van der Waals surface area contributed by atoms with E-state index in [2.05, 4.69) is 10.6 Å². The van der Waals surface area contributed by atoms with Gasteiger partial charge < -0.3 is 24.8 Å². The van der Waals surface area contributed by atoms with E-state index in [9.17, 15) is 4.79 Å². The summed E-state index contributed by atoms with van der Waals surface area (Å²) in [6.45, 7) is 3.67. The quantitative estimate of drug-likeness (QED) is 0.758. The van der Waals surface area contributed by atoms with Crippen LogP contribution in [-0.4, -0.2) is 33.3 Å². The second kappa shape index (κ2) is 8.67. The predicted octanol–water partition coefficient (Wildman–Crippen LogP) is 4.11. The molecule has 0 heterocycles. The van der Waals surface area contributed by atoms with Crippen LogP contribution in [0.1, 0.15) is 12.5 Å². The molecule has 0 radical (unpaired) electrons. The summed E-state index contributed by atoms with van der Waals surface area (Å²) in [5, 5.41) is 6.58. The largest absolute Gasteiger partial charge is 0.493 e. The molecule has 0 aromatic heterocycles. The first-order valence-corrected chi connectivity index (χ1v) is 8.41. The van der Waals surface area contributed by atoms with Crippen LogP contribution < -0.4 is 24.8 Å². The number of nitrogens with one attached hydrogen (secondary N) is 2. The molecule has 0 saturated carbocycles. The number of halogens is 1. The molecular weight excluding hydrogens is 356 g/mol. The van der Waals surface area contributed by atoms with E-state index in [1.54, 1.807) is 45.4 Å². The first kappa shape index (κ1) is 19.7. The van der Waals surface area contributed by atoms with Crippen LogP contribution in [0, 0.1) is 6.92 Å². The molecular formula is C19H23ClN2O4. The molecule has 0 aliphatic rings. The van der Waals surface area contributed by atoms with E-state index in [1.165, 1.54) is 7.11 Å². The number of ether oxygens (including phenoxy) is 3. The molecule has 0 aliphatic carbocycles. The van der Waals surface area contributed by atoms with E-state index in [0.717, 1.165) is 5.56 Å². The monoisotopic (exact) mass is 378 g/mol. The number of carbonyl (C=O) groups excluding carboxylic acids is 1. The number of amides is 1. The summed E-state index contributed by atoms with van der Waals surface area (Å²) in [5.41, 5.74) is 2.29. The molecule has 0 bridgehead atoms. The van der Waals surface area contributed by atoms with Crippen molar-refractivity contribution in [2.45, 2.75) is 19.9 Å². The van der Waals surface area contributed by atoms with Crippen molar-refractivity contribution in [1.82, 2.24) is 0 Å². The fraction of sp³-hybridized carbons (Fsp3) is 0.316. The maximum absolute atomic E-state index is 12.5. The second-order valence-electron chi connectivity index (χ2n) is 5.73. The molecule has 140 valence electrons. The van der Waals surface area contributed by atoms with Gasteiger partial charge in [-0.3, -0.25) is 4.79 Å². The molecule has 0 saturated heterocycles. The van der Waals surface area contributed by atoms with Crippen LogP contribution in [0.2, 0.25) is 5.02 Å². The Labute approximate surface area is 158 Å². The number of benzene rings is 2. The lowest BCUT2D eigenvalue weighted by Crippen LogP contribution is -2.32. The Morgan fingerprint density at radius 2 is 1.65 bits per heavy atom. The summed E-state index contributed by atoms with van der Waals surface area (Å²) in [5.74, 6) is 1.32. The van der Waals surface area contributed by atoms with Gasteiger partial charge in [-0.05, 0) is 31.5 Å². The number of rotatable bonds is 7. The number of methoxy groups -OCH3 is 3. The van der Waals surface area contributed by atoms with Crippen LogP contribution in [0.5, 0.6) is 17.2 Å². The summed E-state index contributed by atoms with van der Waals surface area (Å²) in [7, 11) is 4.62. The van der Waals surface area contributed by atoms with Gasteiger partial charge in [0.15, 0.2) is 11.5 Å². The summed E-state index contributed by atoms with van der Waals surface area (Å²) in [6.07, 6.45) is 0. The maximum atomic E-state index is 12.5. The van der Waals surface area contributed by atoms with Crippen LogP contribution >= 0.6 is 11.6 Å². The van der Waals surface area contributed by atoms with Crippen LogP contribution in [0.4, 0.5) is 11.4 Å². The Morgan fingerprint density at radius 3 is 2.19 bits per heavy atom. The molecule has 2 aromatic carbocycles. The highest BCUT2D eigenvalue weighted by atomic mass is 35.5. The van der Waals surface area contributed by atoms with Gasteiger partial charge in [0.1, 0.15) is 6.04 Å². The van der Waals surface area contributed by atoms with Gasteiger partial charge in [-0.1, -0.05) is 17.7 Å². The van der Waals surface area contributed by atoms with E-state index in [0.29, 0.717) is 33.6 Å². The van der Waals surface area contributed by atoms with E-state index < -0.39 is 6.04 Å². The zero-order chi connectivity index (χ0) is 19.3. The highest BCUT2D eigenvalue weighted by Gasteiger charge is 2.18. The molecule has 7 heteroatoms. The highest BCUT2D eigenvalue weighted by molar-refractivity contribution is 6.31. The standard InChI is InChI=1S/C19H23ClN2O4/c1-11-6-7-13(20)8-15(11)22-19(23)12(2)21-14-9-16(24-3)18(26-5)17(10-14)25-4/h6-10,12,21H,1-5H3,(H,22,23). The lowest BCUT2D eigenvalue weighted by atomic mass is 10.2. The van der Waals surface area contributed by atoms with E-state index >= 15 is 0 Å². The van der Waals surface area contributed by atoms with Gasteiger partial charge in [-0.2, -0.15) is 0 Å². The predicted molar refractivity (Wildman–Crippen MR) is 104 cm³/mol. The lowest BCUT2D eigenvalue weighted by molar-refractivity contribution is -0.116. The number of hydrogen-bond acceptors (Lipinski definition) is 5. The topological polar surface area (TPSA) is 68.8 Å². The van der Waals surface area contributed by atoms with Crippen LogP contribution in [0.25, 0.3) is 0 Å². The summed E-state index contributed by atoms with van der Waals surface area (Å²) < 4.78 is 16.0. The SMILES string of the molecule is COc1cc(NC(C)C(=O)Nc2cc(Cl)ccc2C)cc(OC)c1OC. The van der Waals surface area contributed by atoms with Crippen LogP contribution in [0.15, 0.2) is 30.3 Å². The van der Waals surface area contributed by atoms with Gasteiger partial charge in [0, 0.05) is 28.5 Å². The third-order valence-electron chi connectivity index (χ3n) is 3.90. The van der Waals surface area contributed by atoms with Gasteiger partial charge >= 0.3 is 0 Å². The molecule has 6 nitrogen and oxygen atoms in total. The number of carbonyl (C=O) groups is 1. The van der Waals surface area contributed by atoms with Crippen molar-refractivity contribution >= 4 is 28.9 Å². The third kappa shape index (κ3) is 4.52. The van der Waals surface area contributed by atoms with Crippen LogP contribution in [0.3, 0.4) is 0 Å². The molecule has 1 atom stereocenters. The van der Waals surface area contributed by atoms with Gasteiger partial charge in [-0.15, -0.1) is 0 Å². The highest BCUT2D eigenvalue weighted by Crippen LogP contribution is 2.40.